The van der Waals surface area contributed by atoms with Crippen molar-refractivity contribution in [1.29, 1.82) is 0 Å². The smallest absolute Gasteiger partial charge is 0.206 e. The van der Waals surface area contributed by atoms with Crippen molar-refractivity contribution >= 4 is 54.5 Å². The molecule has 542 valence electrons. The van der Waals surface area contributed by atoms with Gasteiger partial charge in [0.1, 0.15) is 41.1 Å². The zero-order valence-corrected chi connectivity index (χ0v) is 67.6. The van der Waals surface area contributed by atoms with Crippen molar-refractivity contribution < 1.29 is 27.2 Å². The molecule has 0 saturated carbocycles. The fourth-order valence-corrected chi connectivity index (χ4v) is 15.6. The first-order chi connectivity index (χ1) is 50.9. The van der Waals surface area contributed by atoms with E-state index in [9.17, 15) is 4.39 Å². The molecule has 0 aliphatic carbocycles. The maximum atomic E-state index is 13.8. The van der Waals surface area contributed by atoms with Crippen LogP contribution in [0.1, 0.15) is 127 Å². The van der Waals surface area contributed by atoms with E-state index >= 15 is 0 Å². The van der Waals surface area contributed by atoms with E-state index in [0.29, 0.717) is 23.0 Å². The molecule has 6 heteroatoms. The molecule has 5 nitrogen and oxygen atoms in total. The fourth-order valence-electron chi connectivity index (χ4n) is 15.6. The number of pyridine rings is 5. The summed E-state index contributed by atoms with van der Waals surface area (Å²) in [4.78, 5) is 0. The van der Waals surface area contributed by atoms with Gasteiger partial charge >= 0.3 is 0 Å². The van der Waals surface area contributed by atoms with E-state index in [-0.39, 0.29) is 11.2 Å². The lowest BCUT2D eigenvalue weighted by Gasteiger charge is -2.20. The summed E-state index contributed by atoms with van der Waals surface area (Å²) in [5.41, 5.74) is 35.1. The molecule has 5 heterocycles. The van der Waals surface area contributed by atoms with E-state index in [2.05, 4.69) is 379 Å². The molecule has 0 N–H and O–H groups in total. The van der Waals surface area contributed by atoms with Crippen molar-refractivity contribution in [3.8, 4) is 56.3 Å². The minimum absolute atomic E-state index is 0.114. The highest BCUT2D eigenvalue weighted by molar-refractivity contribution is 5.85. The molecular weight excluding hydrogens is 1300 g/mol. The van der Waals surface area contributed by atoms with E-state index in [4.69, 9.17) is 0 Å². The molecule has 0 saturated heterocycles. The van der Waals surface area contributed by atoms with Gasteiger partial charge in [0.05, 0.1) is 0 Å². The molecule has 0 unspecified atom stereocenters. The number of fused-ring (bicyclic) bond motifs is 5. The summed E-state index contributed by atoms with van der Waals surface area (Å²) in [5.74, 6) is 1.05. The third-order valence-corrected chi connectivity index (χ3v) is 20.9. The molecule has 10 aromatic carbocycles. The Morgan fingerprint density at radius 3 is 1.05 bits per heavy atom. The van der Waals surface area contributed by atoms with E-state index in [1.165, 1.54) is 161 Å². The molecule has 0 spiro atoms. The number of aryl methyl sites for hydroxylation is 15. The van der Waals surface area contributed by atoms with Gasteiger partial charge in [-0.2, -0.15) is 22.8 Å². The molecule has 0 bridgehead atoms. The van der Waals surface area contributed by atoms with Crippen molar-refractivity contribution in [2.45, 2.75) is 135 Å². The van der Waals surface area contributed by atoms with Crippen LogP contribution in [0.15, 0.2) is 249 Å². The van der Waals surface area contributed by atoms with Crippen LogP contribution in [0.4, 0.5) is 4.39 Å². The Balaban J connectivity index is 0.000000133. The van der Waals surface area contributed by atoms with Crippen molar-refractivity contribution in [2.75, 3.05) is 0 Å². The van der Waals surface area contributed by atoms with Crippen LogP contribution in [-0.2, 0) is 47.1 Å². The van der Waals surface area contributed by atoms with Gasteiger partial charge in [-0.1, -0.05) is 167 Å². The summed E-state index contributed by atoms with van der Waals surface area (Å²) in [6.07, 6.45) is 1.11. The quantitative estimate of drug-likeness (QED) is 0.135. The lowest BCUT2D eigenvalue weighted by Crippen LogP contribution is -2.32. The third-order valence-electron chi connectivity index (χ3n) is 20.9. The van der Waals surface area contributed by atoms with E-state index in [1.54, 1.807) is 0 Å². The molecule has 0 amide bonds. The number of hydrogen-bond donors (Lipinski definition) is 0. The van der Waals surface area contributed by atoms with Crippen LogP contribution in [0.3, 0.4) is 0 Å². The molecule has 15 aromatic rings. The SMILES string of the molecule is Cc1cc(-c2ccc3ccccc3[n+]2C)cc(C(C)(C)C)c1.Cc1cc(-c2ccc3ccccc3[n+]2C)cc(C)c1F.Cc1cc(C)cc(-c2cc(C(C)C)c3ccccc3[n+]2C)c1.Cc1cc(C)cc(-c2cc(C)c3ccccc3[n+]2C)c1.Cc1cc(C)cc(-c2cc(CC(C)C)c3ccccc3[n+]2C)c1. The first-order valence-corrected chi connectivity index (χ1v) is 38.0. The first-order valence-electron chi connectivity index (χ1n) is 38.0. The minimum atomic E-state index is -0.114. The number of hydrogen-bond acceptors (Lipinski definition) is 0. The number of halogens is 1. The molecule has 0 atom stereocenters. The lowest BCUT2D eigenvalue weighted by molar-refractivity contribution is -0.633. The second-order valence-corrected chi connectivity index (χ2v) is 31.8. The second kappa shape index (κ2) is 32.9. The number of aromatic nitrogens is 5. The van der Waals surface area contributed by atoms with Gasteiger partial charge in [-0.25, -0.2) is 4.39 Å². The summed E-state index contributed by atoms with van der Waals surface area (Å²) >= 11 is 0. The second-order valence-electron chi connectivity index (χ2n) is 31.8. The first kappa shape index (κ1) is 77.3. The topological polar surface area (TPSA) is 19.4 Å². The predicted molar refractivity (Wildman–Crippen MR) is 451 cm³/mol. The molecule has 15 rings (SSSR count). The van der Waals surface area contributed by atoms with E-state index in [1.807, 2.05) is 45.2 Å². The van der Waals surface area contributed by atoms with Gasteiger partial charge in [-0.15, -0.1) is 0 Å². The number of rotatable bonds is 8. The van der Waals surface area contributed by atoms with Gasteiger partial charge in [0.2, 0.25) is 56.1 Å². The maximum Gasteiger partial charge on any atom is 0.213 e. The molecule has 0 radical (unpaired) electrons. The van der Waals surface area contributed by atoms with Crippen LogP contribution < -0.4 is 22.8 Å². The van der Waals surface area contributed by atoms with Crippen molar-refractivity contribution in [2.24, 2.45) is 41.2 Å². The Bertz CT molecular complexity index is 5720. The standard InChI is InChI=1S/C22H26N.2C21H24N.C19H20N.C18H17FN/c1-15(2)10-18-14-22(19-12-16(3)11-17(4)13-19)23(5)21-9-7-6-8-20(18)21;1-14(2)19-13-21(17-11-15(3)10-16(4)12-17)22(5)20-9-7-6-8-18(19)20;1-15-12-17(14-18(13-15)21(2,3)4)20-11-10-16-8-6-7-9-19(16)22(20)5;1-13-9-14(2)11-16(10-13)19-12-15(3)17-7-5-6-8-18(17)20(19)4;1-12-10-15(11-13(2)18(12)19)17-9-8-14-6-4-5-7-16(14)20(17)3/h6-9,11-15H,10H2,1-5H3;2*6-14H,1-5H3;5-12H,1-4H3;4-11H,1-3H3/q5*+1. The van der Waals surface area contributed by atoms with E-state index in [0.717, 1.165) is 17.7 Å². The highest BCUT2D eigenvalue weighted by Crippen LogP contribution is 2.33. The summed E-state index contributed by atoms with van der Waals surface area (Å²) < 4.78 is 25.1. The number of benzene rings is 10. The Morgan fingerprint density at radius 1 is 0.299 bits per heavy atom. The van der Waals surface area contributed by atoms with Crippen LogP contribution in [0.2, 0.25) is 0 Å². The van der Waals surface area contributed by atoms with Crippen molar-refractivity contribution in [3.05, 3.63) is 327 Å². The van der Waals surface area contributed by atoms with E-state index < -0.39 is 0 Å². The normalized spacial score (nSPS) is 11.3. The van der Waals surface area contributed by atoms with Gasteiger partial charge in [-0.05, 0) is 235 Å². The Morgan fingerprint density at radius 2 is 0.626 bits per heavy atom. The van der Waals surface area contributed by atoms with Gasteiger partial charge < -0.3 is 0 Å². The van der Waals surface area contributed by atoms with Crippen molar-refractivity contribution in [1.82, 2.24) is 0 Å². The molecule has 107 heavy (non-hydrogen) atoms. The Hall–Kier alpha value is -10.8. The van der Waals surface area contributed by atoms with Crippen LogP contribution >= 0.6 is 0 Å². The zero-order chi connectivity index (χ0) is 76.9. The predicted octanol–water partition coefficient (Wildman–Crippen LogP) is 23.5. The molecule has 5 aromatic heterocycles. The summed E-state index contributed by atoms with van der Waals surface area (Å²) in [6.45, 7) is 36.9. The lowest BCUT2D eigenvalue weighted by atomic mass is 9.84. The van der Waals surface area contributed by atoms with Crippen molar-refractivity contribution in [3.63, 3.8) is 0 Å². The molecule has 0 aliphatic rings. The maximum absolute atomic E-state index is 13.8. The summed E-state index contributed by atoms with van der Waals surface area (Å²) in [5, 5.41) is 6.53. The molecular formula is C101H111FN5+5. The van der Waals surface area contributed by atoms with Gasteiger partial charge in [0, 0.05) is 115 Å². The van der Waals surface area contributed by atoms with Crippen LogP contribution in [0, 0.1) is 81.0 Å². The average molecular weight is 1410 g/mol. The number of nitrogens with zero attached hydrogens (tertiary/aromatic N) is 5. The van der Waals surface area contributed by atoms with Crippen LogP contribution in [0.25, 0.3) is 111 Å². The minimum Gasteiger partial charge on any atom is -0.206 e. The Kier molecular flexibility index (Phi) is 23.8. The molecule has 0 aliphatic heterocycles. The highest BCUT2D eigenvalue weighted by Gasteiger charge is 2.24. The summed E-state index contributed by atoms with van der Waals surface area (Å²) in [7, 11) is 10.7. The van der Waals surface area contributed by atoms with Crippen LogP contribution in [0.5, 0.6) is 0 Å². The van der Waals surface area contributed by atoms with Gasteiger partial charge in [-0.3, -0.25) is 0 Å². The zero-order valence-electron chi connectivity index (χ0n) is 67.6. The third kappa shape index (κ3) is 17.7. The Labute approximate surface area is 637 Å². The fraction of sp³-hybridized carbons (Fsp3) is 0.257. The highest BCUT2D eigenvalue weighted by atomic mass is 19.1. The van der Waals surface area contributed by atoms with Crippen LogP contribution in [-0.4, -0.2) is 0 Å². The van der Waals surface area contributed by atoms with Gasteiger partial charge in [0.25, 0.3) is 0 Å². The molecule has 0 fully saturated rings. The summed E-state index contributed by atoms with van der Waals surface area (Å²) in [6, 6.07) is 89.6. The average Bonchev–Trinajstić information content (AvgIpc) is 0.734. The monoisotopic (exact) mass is 1410 g/mol. The van der Waals surface area contributed by atoms with Gasteiger partial charge in [0.15, 0.2) is 0 Å². The number of para-hydroxylation sites is 5. The largest absolute Gasteiger partial charge is 0.213 e.